The van der Waals surface area contributed by atoms with Gasteiger partial charge in [0.1, 0.15) is 27.6 Å². The standard InChI is InChI=1S/C25H14ClN3O3S/c1-31-18-7-6-14-8-16(23(26)28-20(14)11-18)9-17(12-27)24-29-21(13-33-24)19-10-15-4-2-3-5-22(15)32-25(19)30/h2-11,13H,1H3/b17-9+. The lowest BCUT2D eigenvalue weighted by Gasteiger charge is -2.05. The number of nitriles is 1. The molecule has 0 spiro atoms. The normalized spacial score (nSPS) is 11.6. The summed E-state index contributed by atoms with van der Waals surface area (Å²) in [5.74, 6) is 0.681. The number of fused-ring (bicyclic) bond motifs is 2. The lowest BCUT2D eigenvalue weighted by molar-refractivity contribution is 0.415. The molecule has 6 nitrogen and oxygen atoms in total. The van der Waals surface area contributed by atoms with E-state index in [4.69, 9.17) is 20.8 Å². The third-order valence-electron chi connectivity index (χ3n) is 5.08. The average molecular weight is 472 g/mol. The Morgan fingerprint density at radius 3 is 2.82 bits per heavy atom. The van der Waals surface area contributed by atoms with E-state index >= 15 is 0 Å². The molecule has 2 aromatic carbocycles. The highest BCUT2D eigenvalue weighted by atomic mass is 35.5. The minimum atomic E-state index is -0.481. The van der Waals surface area contributed by atoms with Gasteiger partial charge in [0.2, 0.25) is 0 Å². The maximum Gasteiger partial charge on any atom is 0.345 e. The Morgan fingerprint density at radius 1 is 1.15 bits per heavy atom. The first kappa shape index (κ1) is 20.9. The number of benzene rings is 2. The van der Waals surface area contributed by atoms with Crippen LogP contribution >= 0.6 is 22.9 Å². The first-order valence-corrected chi connectivity index (χ1v) is 11.1. The van der Waals surface area contributed by atoms with Gasteiger partial charge in [-0.05, 0) is 36.4 Å². The number of halogens is 1. The largest absolute Gasteiger partial charge is 0.497 e. The summed E-state index contributed by atoms with van der Waals surface area (Å²) in [6, 6.07) is 18.5. The first-order valence-electron chi connectivity index (χ1n) is 9.81. The van der Waals surface area contributed by atoms with Crippen molar-refractivity contribution in [1.29, 1.82) is 5.26 Å². The Hall–Kier alpha value is -3.99. The van der Waals surface area contributed by atoms with Gasteiger partial charge in [0, 0.05) is 27.8 Å². The van der Waals surface area contributed by atoms with Crippen molar-refractivity contribution in [1.82, 2.24) is 9.97 Å². The van der Waals surface area contributed by atoms with Gasteiger partial charge in [-0.15, -0.1) is 11.3 Å². The van der Waals surface area contributed by atoms with Gasteiger partial charge in [-0.2, -0.15) is 5.26 Å². The zero-order chi connectivity index (χ0) is 22.9. The monoisotopic (exact) mass is 471 g/mol. The summed E-state index contributed by atoms with van der Waals surface area (Å²) in [6.45, 7) is 0. The van der Waals surface area contributed by atoms with Crippen molar-refractivity contribution in [2.45, 2.75) is 0 Å². The van der Waals surface area contributed by atoms with Crippen molar-refractivity contribution in [3.05, 3.63) is 86.1 Å². The highest BCUT2D eigenvalue weighted by Gasteiger charge is 2.15. The van der Waals surface area contributed by atoms with Crippen molar-refractivity contribution in [2.24, 2.45) is 0 Å². The van der Waals surface area contributed by atoms with E-state index in [9.17, 15) is 10.1 Å². The third-order valence-corrected chi connectivity index (χ3v) is 6.26. The van der Waals surface area contributed by atoms with Crippen LogP contribution in [0.25, 0.3) is 44.8 Å². The van der Waals surface area contributed by atoms with Crippen LogP contribution < -0.4 is 10.4 Å². The molecule has 8 heteroatoms. The molecule has 3 heterocycles. The van der Waals surface area contributed by atoms with E-state index < -0.39 is 5.63 Å². The van der Waals surface area contributed by atoms with Crippen LogP contribution in [0.2, 0.25) is 5.15 Å². The van der Waals surface area contributed by atoms with Crippen LogP contribution in [-0.2, 0) is 0 Å². The van der Waals surface area contributed by atoms with Crippen LogP contribution in [0, 0.1) is 11.3 Å². The summed E-state index contributed by atoms with van der Waals surface area (Å²) in [6.07, 6.45) is 1.64. The summed E-state index contributed by atoms with van der Waals surface area (Å²) in [4.78, 5) is 21.4. The maximum atomic E-state index is 12.5. The summed E-state index contributed by atoms with van der Waals surface area (Å²) in [5.41, 5.74) is 2.41. The van der Waals surface area contributed by atoms with Gasteiger partial charge in [-0.1, -0.05) is 29.8 Å². The van der Waals surface area contributed by atoms with Crippen molar-refractivity contribution >= 4 is 56.5 Å². The van der Waals surface area contributed by atoms with E-state index in [1.54, 1.807) is 42.8 Å². The van der Waals surface area contributed by atoms with Crippen LogP contribution in [0.5, 0.6) is 5.75 Å². The number of ether oxygens (including phenoxy) is 1. The number of hydrogen-bond acceptors (Lipinski definition) is 7. The average Bonchev–Trinajstić information content (AvgIpc) is 3.31. The molecule has 0 saturated heterocycles. The number of hydrogen-bond donors (Lipinski definition) is 0. The lowest BCUT2D eigenvalue weighted by atomic mass is 10.1. The molecular formula is C25H14ClN3O3S. The first-order chi connectivity index (χ1) is 16.1. The van der Waals surface area contributed by atoms with Crippen molar-refractivity contribution in [3.8, 4) is 23.1 Å². The SMILES string of the molecule is COc1ccc2cc(/C=C(\C#N)c3nc(-c4cc5ccccc5oc4=O)cs3)c(Cl)nc2c1. The molecule has 5 aromatic rings. The summed E-state index contributed by atoms with van der Waals surface area (Å²) in [5, 5.41) is 13.9. The quantitative estimate of drug-likeness (QED) is 0.176. The Bertz CT molecular complexity index is 1660. The Balaban J connectivity index is 1.55. The molecule has 0 aliphatic carbocycles. The number of rotatable bonds is 4. The Labute approximate surface area is 197 Å². The van der Waals surface area contributed by atoms with Crippen molar-refractivity contribution in [3.63, 3.8) is 0 Å². The van der Waals surface area contributed by atoms with E-state index in [1.807, 2.05) is 30.3 Å². The smallest absolute Gasteiger partial charge is 0.345 e. The number of aromatic nitrogens is 2. The molecule has 0 atom stereocenters. The van der Waals surface area contributed by atoms with E-state index in [1.165, 1.54) is 11.3 Å². The van der Waals surface area contributed by atoms with Gasteiger partial charge >= 0.3 is 5.63 Å². The highest BCUT2D eigenvalue weighted by Crippen LogP contribution is 2.30. The highest BCUT2D eigenvalue weighted by molar-refractivity contribution is 7.11. The van der Waals surface area contributed by atoms with Gasteiger partial charge in [0.05, 0.1) is 29.5 Å². The number of allylic oxidation sites excluding steroid dienone is 1. The molecule has 0 N–H and O–H groups in total. The second-order valence-electron chi connectivity index (χ2n) is 7.12. The molecule has 0 fully saturated rings. The minimum Gasteiger partial charge on any atom is -0.497 e. The van der Waals surface area contributed by atoms with Gasteiger partial charge in [-0.3, -0.25) is 0 Å². The number of methoxy groups -OCH3 is 1. The van der Waals surface area contributed by atoms with Gasteiger partial charge in [0.25, 0.3) is 0 Å². The van der Waals surface area contributed by atoms with Crippen LogP contribution in [0.3, 0.4) is 0 Å². The van der Waals surface area contributed by atoms with E-state index in [0.717, 1.165) is 10.8 Å². The van der Waals surface area contributed by atoms with Crippen LogP contribution in [0.4, 0.5) is 0 Å². The summed E-state index contributed by atoms with van der Waals surface area (Å²) < 4.78 is 10.6. The van der Waals surface area contributed by atoms with Crippen molar-refractivity contribution < 1.29 is 9.15 Å². The van der Waals surface area contributed by atoms with E-state index in [2.05, 4.69) is 16.0 Å². The Morgan fingerprint density at radius 2 is 2.00 bits per heavy atom. The fourth-order valence-electron chi connectivity index (χ4n) is 3.43. The molecule has 0 bridgehead atoms. The lowest BCUT2D eigenvalue weighted by Crippen LogP contribution is -2.02. The zero-order valence-corrected chi connectivity index (χ0v) is 18.8. The molecule has 33 heavy (non-hydrogen) atoms. The fraction of sp³-hybridized carbons (Fsp3) is 0.0400. The number of thiazole rings is 1. The molecule has 0 aliphatic heterocycles. The topological polar surface area (TPSA) is 89.0 Å². The van der Waals surface area contributed by atoms with Crippen molar-refractivity contribution in [2.75, 3.05) is 7.11 Å². The summed E-state index contributed by atoms with van der Waals surface area (Å²) in [7, 11) is 1.59. The van der Waals surface area contributed by atoms with Crippen LogP contribution in [0.1, 0.15) is 10.6 Å². The van der Waals surface area contributed by atoms with E-state index in [-0.39, 0.29) is 5.15 Å². The third kappa shape index (κ3) is 3.98. The molecular weight excluding hydrogens is 458 g/mol. The Kier molecular flexibility index (Phi) is 5.38. The maximum absolute atomic E-state index is 12.5. The van der Waals surface area contributed by atoms with Crippen LogP contribution in [-0.4, -0.2) is 17.1 Å². The second kappa shape index (κ2) is 8.51. The molecule has 5 rings (SSSR count). The molecule has 0 unspecified atom stereocenters. The molecule has 0 saturated carbocycles. The number of pyridine rings is 1. The minimum absolute atomic E-state index is 0.260. The van der Waals surface area contributed by atoms with Crippen LogP contribution in [0.15, 0.2) is 69.2 Å². The number of para-hydroxylation sites is 1. The second-order valence-corrected chi connectivity index (χ2v) is 8.34. The zero-order valence-electron chi connectivity index (χ0n) is 17.2. The van der Waals surface area contributed by atoms with Gasteiger partial charge < -0.3 is 9.15 Å². The number of nitrogens with zero attached hydrogens (tertiary/aromatic N) is 3. The summed E-state index contributed by atoms with van der Waals surface area (Å²) >= 11 is 7.65. The molecule has 0 aliphatic rings. The molecule has 0 radical (unpaired) electrons. The van der Waals surface area contributed by atoms with E-state index in [0.29, 0.717) is 44.3 Å². The predicted octanol–water partition coefficient (Wildman–Crippen LogP) is 6.19. The van der Waals surface area contributed by atoms with Gasteiger partial charge in [0.15, 0.2) is 0 Å². The predicted molar refractivity (Wildman–Crippen MR) is 130 cm³/mol. The molecule has 160 valence electrons. The fourth-order valence-corrected chi connectivity index (χ4v) is 4.41. The van der Waals surface area contributed by atoms with Gasteiger partial charge in [-0.25, -0.2) is 14.8 Å². The molecule has 3 aromatic heterocycles. The molecule has 0 amide bonds.